The van der Waals surface area contributed by atoms with Crippen LogP contribution in [-0.2, 0) is 20.1 Å². The summed E-state index contributed by atoms with van der Waals surface area (Å²) in [6, 6.07) is 22.3. The second-order valence-electron chi connectivity index (χ2n) is 8.62. The minimum atomic E-state index is -1.12. The van der Waals surface area contributed by atoms with Gasteiger partial charge in [0.15, 0.2) is 5.78 Å². The summed E-state index contributed by atoms with van der Waals surface area (Å²) in [4.78, 5) is 39.0. The van der Waals surface area contributed by atoms with Crippen LogP contribution in [0.25, 0.3) is 10.8 Å². The van der Waals surface area contributed by atoms with Gasteiger partial charge in [-0.3, -0.25) is 14.4 Å². The lowest BCUT2D eigenvalue weighted by atomic mass is 9.93. The number of Topliss-reactive ketones (excluding diaryl/α,β-unsaturated/α-hetero) is 1. The van der Waals surface area contributed by atoms with E-state index < -0.39 is 23.6 Å². The van der Waals surface area contributed by atoms with Crippen molar-refractivity contribution in [3.63, 3.8) is 0 Å². The Balaban J connectivity index is 1.53. The van der Waals surface area contributed by atoms with Crippen LogP contribution < -0.4 is 10.6 Å². The maximum Gasteiger partial charge on any atom is 0.252 e. The van der Waals surface area contributed by atoms with Crippen molar-refractivity contribution in [3.8, 4) is 0 Å². The Kier molecular flexibility index (Phi) is 7.34. The molecule has 0 bridgehead atoms. The predicted molar refractivity (Wildman–Crippen MR) is 135 cm³/mol. The summed E-state index contributed by atoms with van der Waals surface area (Å²) in [5.74, 6) is 0.150. The molecule has 176 valence electrons. The summed E-state index contributed by atoms with van der Waals surface area (Å²) in [5, 5.41) is 7.53. The number of amides is 2. The van der Waals surface area contributed by atoms with Gasteiger partial charge in [-0.15, -0.1) is 0 Å². The Labute approximate surface area is 203 Å². The molecular formula is C27H28N2O4S. The van der Waals surface area contributed by atoms with Gasteiger partial charge in [0.05, 0.1) is 6.10 Å². The molecule has 0 aliphatic carbocycles. The summed E-state index contributed by atoms with van der Waals surface area (Å²) in [6.45, 7) is 3.40. The van der Waals surface area contributed by atoms with Crippen LogP contribution in [0.15, 0.2) is 72.8 Å². The van der Waals surface area contributed by atoms with E-state index in [1.54, 1.807) is 31.7 Å². The smallest absolute Gasteiger partial charge is 0.252 e. The SMILES string of the molecule is C[C@H]1OCC(=O)[C@]1(C)NC(=O)[C@H](CSCc1ccccc1)NC(=O)c1cccc2ccccc12. The van der Waals surface area contributed by atoms with Crippen molar-refractivity contribution in [2.24, 2.45) is 0 Å². The molecule has 0 saturated carbocycles. The number of fused-ring (bicyclic) bond motifs is 1. The number of hydrogen-bond donors (Lipinski definition) is 2. The molecular weight excluding hydrogens is 448 g/mol. The second-order valence-corrected chi connectivity index (χ2v) is 9.65. The van der Waals surface area contributed by atoms with Gasteiger partial charge in [0.2, 0.25) is 5.91 Å². The van der Waals surface area contributed by atoms with E-state index in [2.05, 4.69) is 10.6 Å². The van der Waals surface area contributed by atoms with E-state index in [1.165, 1.54) is 0 Å². The Morgan fingerprint density at radius 2 is 1.76 bits per heavy atom. The lowest BCUT2D eigenvalue weighted by Crippen LogP contribution is -2.60. The van der Waals surface area contributed by atoms with Crippen LogP contribution in [-0.4, -0.2) is 47.6 Å². The second kappa shape index (κ2) is 10.4. The molecule has 3 aromatic rings. The molecule has 6 nitrogen and oxygen atoms in total. The molecule has 1 aliphatic rings. The molecule has 2 amide bonds. The minimum Gasteiger partial charge on any atom is -0.368 e. The number of thioether (sulfide) groups is 1. The molecule has 7 heteroatoms. The summed E-state index contributed by atoms with van der Waals surface area (Å²) in [5.41, 5.74) is 0.514. The van der Waals surface area contributed by atoms with Crippen LogP contribution in [0.2, 0.25) is 0 Å². The van der Waals surface area contributed by atoms with Crippen molar-refractivity contribution in [1.82, 2.24) is 10.6 Å². The van der Waals surface area contributed by atoms with Crippen LogP contribution in [0.1, 0.15) is 29.8 Å². The molecule has 1 heterocycles. The maximum absolute atomic E-state index is 13.3. The number of carbonyl (C=O) groups is 3. The Morgan fingerprint density at radius 3 is 2.50 bits per heavy atom. The first kappa shape index (κ1) is 24.0. The molecule has 4 rings (SSSR count). The van der Waals surface area contributed by atoms with Gasteiger partial charge >= 0.3 is 0 Å². The third-order valence-corrected chi connectivity index (χ3v) is 7.40. The molecule has 3 aromatic carbocycles. The Bertz CT molecular complexity index is 1190. The van der Waals surface area contributed by atoms with Gasteiger partial charge in [-0.05, 0) is 36.2 Å². The predicted octanol–water partition coefficient (Wildman–Crippen LogP) is 3.73. The minimum absolute atomic E-state index is 0.0340. The summed E-state index contributed by atoms with van der Waals surface area (Å²) in [7, 11) is 0. The molecule has 34 heavy (non-hydrogen) atoms. The molecule has 0 unspecified atom stereocenters. The van der Waals surface area contributed by atoms with E-state index in [9.17, 15) is 14.4 Å². The maximum atomic E-state index is 13.3. The van der Waals surface area contributed by atoms with E-state index in [-0.39, 0.29) is 18.3 Å². The highest BCUT2D eigenvalue weighted by molar-refractivity contribution is 7.98. The normalized spacial score (nSPS) is 20.8. The molecule has 0 radical (unpaired) electrons. The molecule has 1 saturated heterocycles. The molecule has 0 aromatic heterocycles. The molecule has 2 N–H and O–H groups in total. The standard InChI is InChI=1S/C27H28N2O4S/c1-18-27(2,24(30)15-33-18)29-26(32)23(17-34-16-19-9-4-3-5-10-19)28-25(31)22-14-8-12-20-11-6-7-13-21(20)22/h3-14,18,23H,15-17H2,1-2H3,(H,28,31)(H,29,32)/t18-,23+,27-/m1/s1. The highest BCUT2D eigenvalue weighted by Crippen LogP contribution is 2.23. The quantitative estimate of drug-likeness (QED) is 0.518. The third-order valence-electron chi connectivity index (χ3n) is 6.29. The highest BCUT2D eigenvalue weighted by Gasteiger charge is 2.47. The van der Waals surface area contributed by atoms with Gasteiger partial charge in [-0.2, -0.15) is 11.8 Å². The van der Waals surface area contributed by atoms with Crippen LogP contribution in [0.4, 0.5) is 0 Å². The van der Waals surface area contributed by atoms with E-state index >= 15 is 0 Å². The van der Waals surface area contributed by atoms with Crippen LogP contribution >= 0.6 is 11.8 Å². The fraction of sp³-hybridized carbons (Fsp3) is 0.296. The van der Waals surface area contributed by atoms with Gasteiger partial charge in [-0.25, -0.2) is 0 Å². The molecule has 0 spiro atoms. The number of rotatable bonds is 8. The first-order valence-electron chi connectivity index (χ1n) is 11.3. The first-order chi connectivity index (χ1) is 16.4. The molecule has 1 fully saturated rings. The number of nitrogens with one attached hydrogen (secondary N) is 2. The van der Waals surface area contributed by atoms with Crippen LogP contribution in [0, 0.1) is 0 Å². The lowest BCUT2D eigenvalue weighted by Gasteiger charge is -2.29. The average molecular weight is 477 g/mol. The van der Waals surface area contributed by atoms with E-state index in [4.69, 9.17) is 4.74 Å². The summed E-state index contributed by atoms with van der Waals surface area (Å²) in [6.07, 6.45) is -0.449. The van der Waals surface area contributed by atoms with Gasteiger partial charge in [0.1, 0.15) is 18.2 Å². The van der Waals surface area contributed by atoms with Crippen molar-refractivity contribution < 1.29 is 19.1 Å². The summed E-state index contributed by atoms with van der Waals surface area (Å²) < 4.78 is 5.44. The van der Waals surface area contributed by atoms with Crippen LogP contribution in [0.3, 0.4) is 0 Å². The zero-order valence-electron chi connectivity index (χ0n) is 19.2. The van der Waals surface area contributed by atoms with Gasteiger partial charge in [0.25, 0.3) is 5.91 Å². The van der Waals surface area contributed by atoms with Crippen molar-refractivity contribution >= 4 is 40.1 Å². The van der Waals surface area contributed by atoms with Gasteiger partial charge < -0.3 is 15.4 Å². The number of hydrogen-bond acceptors (Lipinski definition) is 5. The lowest BCUT2D eigenvalue weighted by molar-refractivity contribution is -0.130. The van der Waals surface area contributed by atoms with Crippen molar-refractivity contribution in [3.05, 3.63) is 83.9 Å². The number of benzene rings is 3. The fourth-order valence-electron chi connectivity index (χ4n) is 3.97. The van der Waals surface area contributed by atoms with Gasteiger partial charge in [-0.1, -0.05) is 66.7 Å². The summed E-state index contributed by atoms with van der Waals surface area (Å²) >= 11 is 1.55. The Morgan fingerprint density at radius 1 is 1.06 bits per heavy atom. The largest absolute Gasteiger partial charge is 0.368 e. The van der Waals surface area contributed by atoms with E-state index in [0.717, 1.165) is 16.3 Å². The zero-order valence-corrected chi connectivity index (χ0v) is 20.1. The Hall–Kier alpha value is -3.16. The van der Waals surface area contributed by atoms with Crippen molar-refractivity contribution in [1.29, 1.82) is 0 Å². The number of ketones is 1. The zero-order chi connectivity index (χ0) is 24.1. The van der Waals surface area contributed by atoms with Crippen molar-refractivity contribution in [2.45, 2.75) is 37.3 Å². The topological polar surface area (TPSA) is 84.5 Å². The van der Waals surface area contributed by atoms with Crippen molar-refractivity contribution in [2.75, 3.05) is 12.4 Å². The number of carbonyl (C=O) groups excluding carboxylic acids is 3. The average Bonchev–Trinajstić information content (AvgIpc) is 3.10. The van der Waals surface area contributed by atoms with E-state index in [1.807, 2.05) is 66.7 Å². The monoisotopic (exact) mass is 476 g/mol. The van der Waals surface area contributed by atoms with Crippen LogP contribution in [0.5, 0.6) is 0 Å². The number of ether oxygens (including phenoxy) is 1. The first-order valence-corrected chi connectivity index (χ1v) is 12.4. The van der Waals surface area contributed by atoms with E-state index in [0.29, 0.717) is 17.1 Å². The highest BCUT2D eigenvalue weighted by atomic mass is 32.2. The molecule has 1 aliphatic heterocycles. The van der Waals surface area contributed by atoms with Gasteiger partial charge in [0, 0.05) is 17.1 Å². The molecule has 3 atom stereocenters. The fourth-order valence-corrected chi connectivity index (χ4v) is 4.99. The third kappa shape index (κ3) is 5.16.